The van der Waals surface area contributed by atoms with E-state index in [-0.39, 0.29) is 22.3 Å². The SMILES string of the molecule is COc1cc(NC(=O)c2ccc(OC)c(S(=O)(=O)NC3CC3)c2)cc(OC)c1. The summed E-state index contributed by atoms with van der Waals surface area (Å²) in [7, 11) is 0.613. The molecule has 3 rings (SSSR count). The molecule has 1 aliphatic carbocycles. The van der Waals surface area contributed by atoms with Crippen molar-refractivity contribution in [3.8, 4) is 17.2 Å². The molecular weight excluding hydrogens is 384 g/mol. The van der Waals surface area contributed by atoms with Crippen molar-refractivity contribution in [2.24, 2.45) is 0 Å². The Morgan fingerprint density at radius 3 is 2.14 bits per heavy atom. The minimum absolute atomic E-state index is 0.0589. The zero-order chi connectivity index (χ0) is 20.3. The first-order valence-electron chi connectivity index (χ1n) is 8.61. The average molecular weight is 406 g/mol. The first-order chi connectivity index (χ1) is 13.4. The number of nitrogens with one attached hydrogen (secondary N) is 2. The van der Waals surface area contributed by atoms with E-state index < -0.39 is 15.9 Å². The largest absolute Gasteiger partial charge is 0.497 e. The molecule has 2 aromatic rings. The smallest absolute Gasteiger partial charge is 0.255 e. The van der Waals surface area contributed by atoms with Gasteiger partial charge in [-0.3, -0.25) is 4.79 Å². The Balaban J connectivity index is 1.89. The van der Waals surface area contributed by atoms with Crippen LogP contribution in [0.2, 0.25) is 0 Å². The van der Waals surface area contributed by atoms with Gasteiger partial charge in [0.15, 0.2) is 0 Å². The van der Waals surface area contributed by atoms with Crippen LogP contribution in [-0.2, 0) is 10.0 Å². The first-order valence-corrected chi connectivity index (χ1v) is 10.1. The van der Waals surface area contributed by atoms with Gasteiger partial charge in [0, 0.05) is 35.5 Å². The van der Waals surface area contributed by atoms with Gasteiger partial charge in [0.2, 0.25) is 10.0 Å². The number of rotatable bonds is 8. The lowest BCUT2D eigenvalue weighted by molar-refractivity contribution is 0.102. The third kappa shape index (κ3) is 4.55. The van der Waals surface area contributed by atoms with Gasteiger partial charge in [-0.2, -0.15) is 0 Å². The summed E-state index contributed by atoms with van der Waals surface area (Å²) in [6, 6.07) is 9.15. The van der Waals surface area contributed by atoms with Crippen molar-refractivity contribution < 1.29 is 27.4 Å². The van der Waals surface area contributed by atoms with Gasteiger partial charge in [0.1, 0.15) is 22.1 Å². The van der Waals surface area contributed by atoms with Crippen LogP contribution in [0, 0.1) is 0 Å². The molecule has 0 aromatic heterocycles. The van der Waals surface area contributed by atoms with Crippen LogP contribution in [0.1, 0.15) is 23.2 Å². The van der Waals surface area contributed by atoms with Crippen molar-refractivity contribution in [3.63, 3.8) is 0 Å². The third-order valence-corrected chi connectivity index (χ3v) is 5.77. The third-order valence-electron chi connectivity index (χ3n) is 4.22. The van der Waals surface area contributed by atoms with Crippen LogP contribution >= 0.6 is 0 Å². The number of ether oxygens (including phenoxy) is 3. The Hall–Kier alpha value is -2.78. The number of hydrogen-bond acceptors (Lipinski definition) is 6. The molecule has 1 saturated carbocycles. The highest BCUT2D eigenvalue weighted by Crippen LogP contribution is 2.29. The van der Waals surface area contributed by atoms with E-state index in [1.807, 2.05) is 0 Å². The molecule has 0 radical (unpaired) electrons. The van der Waals surface area contributed by atoms with Crippen LogP contribution in [-0.4, -0.2) is 41.7 Å². The van der Waals surface area contributed by atoms with E-state index >= 15 is 0 Å². The summed E-state index contributed by atoms with van der Waals surface area (Å²) in [6.07, 6.45) is 1.61. The summed E-state index contributed by atoms with van der Waals surface area (Å²) in [5, 5.41) is 2.72. The van der Waals surface area contributed by atoms with Crippen LogP contribution in [0.15, 0.2) is 41.3 Å². The zero-order valence-corrected chi connectivity index (χ0v) is 16.6. The van der Waals surface area contributed by atoms with Gasteiger partial charge in [0.05, 0.1) is 21.3 Å². The number of carbonyl (C=O) groups is 1. The zero-order valence-electron chi connectivity index (χ0n) is 15.8. The van der Waals surface area contributed by atoms with Crippen molar-refractivity contribution in [2.45, 2.75) is 23.8 Å². The van der Waals surface area contributed by atoms with Gasteiger partial charge < -0.3 is 19.5 Å². The van der Waals surface area contributed by atoms with E-state index in [1.165, 1.54) is 39.5 Å². The number of carbonyl (C=O) groups excluding carboxylic acids is 1. The summed E-state index contributed by atoms with van der Waals surface area (Å²) in [4.78, 5) is 12.6. The molecule has 2 aromatic carbocycles. The van der Waals surface area contributed by atoms with Crippen LogP contribution in [0.5, 0.6) is 17.2 Å². The Kier molecular flexibility index (Phi) is 5.76. The Morgan fingerprint density at radius 2 is 1.61 bits per heavy atom. The van der Waals surface area contributed by atoms with Crippen LogP contribution in [0.4, 0.5) is 5.69 Å². The van der Waals surface area contributed by atoms with E-state index in [1.54, 1.807) is 18.2 Å². The molecule has 0 spiro atoms. The number of amides is 1. The summed E-state index contributed by atoms with van der Waals surface area (Å²) < 4.78 is 43.3. The lowest BCUT2D eigenvalue weighted by Gasteiger charge is -2.13. The molecule has 0 saturated heterocycles. The minimum atomic E-state index is -3.79. The van der Waals surface area contributed by atoms with Crippen LogP contribution < -0.4 is 24.2 Å². The molecule has 2 N–H and O–H groups in total. The van der Waals surface area contributed by atoms with Crippen LogP contribution in [0.3, 0.4) is 0 Å². The molecule has 0 heterocycles. The molecule has 0 unspecified atom stereocenters. The van der Waals surface area contributed by atoms with E-state index in [0.29, 0.717) is 17.2 Å². The molecule has 28 heavy (non-hydrogen) atoms. The molecule has 0 atom stereocenters. The van der Waals surface area contributed by atoms with E-state index in [2.05, 4.69) is 10.0 Å². The van der Waals surface area contributed by atoms with Gasteiger partial charge in [-0.15, -0.1) is 0 Å². The molecule has 1 aliphatic rings. The second kappa shape index (κ2) is 8.07. The Morgan fingerprint density at radius 1 is 0.964 bits per heavy atom. The molecule has 8 nitrogen and oxygen atoms in total. The standard InChI is InChI=1S/C19H22N2O6S/c1-25-15-9-14(10-16(11-15)26-2)20-19(22)12-4-7-17(27-3)18(8-12)28(23,24)21-13-5-6-13/h4,7-11,13,21H,5-6H2,1-3H3,(H,20,22). The fourth-order valence-corrected chi connectivity index (χ4v) is 4.09. The number of benzene rings is 2. The molecule has 150 valence electrons. The summed E-state index contributed by atoms with van der Waals surface area (Å²) in [5.41, 5.74) is 0.635. The Bertz CT molecular complexity index is 964. The molecule has 1 fully saturated rings. The average Bonchev–Trinajstić information content (AvgIpc) is 3.50. The summed E-state index contributed by atoms with van der Waals surface area (Å²) in [5.74, 6) is 0.733. The van der Waals surface area contributed by atoms with E-state index in [9.17, 15) is 13.2 Å². The fourth-order valence-electron chi connectivity index (χ4n) is 2.59. The van der Waals surface area contributed by atoms with Gasteiger partial charge >= 0.3 is 0 Å². The molecular formula is C19H22N2O6S. The maximum Gasteiger partial charge on any atom is 0.255 e. The Labute approximate surface area is 163 Å². The number of hydrogen-bond donors (Lipinski definition) is 2. The first kappa shape index (κ1) is 20.0. The van der Waals surface area contributed by atoms with Gasteiger partial charge in [0.25, 0.3) is 5.91 Å². The van der Waals surface area contributed by atoms with Crippen LogP contribution in [0.25, 0.3) is 0 Å². The highest BCUT2D eigenvalue weighted by molar-refractivity contribution is 7.89. The molecule has 1 amide bonds. The highest BCUT2D eigenvalue weighted by atomic mass is 32.2. The maximum atomic E-state index is 12.7. The summed E-state index contributed by atoms with van der Waals surface area (Å²) >= 11 is 0. The highest BCUT2D eigenvalue weighted by Gasteiger charge is 2.30. The predicted molar refractivity (Wildman–Crippen MR) is 104 cm³/mol. The van der Waals surface area contributed by atoms with Gasteiger partial charge in [-0.25, -0.2) is 13.1 Å². The summed E-state index contributed by atoms with van der Waals surface area (Å²) in [6.45, 7) is 0. The van der Waals surface area contributed by atoms with E-state index in [4.69, 9.17) is 14.2 Å². The maximum absolute atomic E-state index is 12.7. The van der Waals surface area contributed by atoms with Crippen molar-refractivity contribution in [2.75, 3.05) is 26.6 Å². The second-order valence-corrected chi connectivity index (χ2v) is 8.00. The molecule has 9 heteroatoms. The van der Waals surface area contributed by atoms with Gasteiger partial charge in [-0.1, -0.05) is 0 Å². The van der Waals surface area contributed by atoms with Crippen molar-refractivity contribution in [1.29, 1.82) is 0 Å². The second-order valence-electron chi connectivity index (χ2n) is 6.32. The van der Waals surface area contributed by atoms with Gasteiger partial charge in [-0.05, 0) is 31.0 Å². The number of sulfonamides is 1. The lowest BCUT2D eigenvalue weighted by Crippen LogP contribution is -2.26. The minimum Gasteiger partial charge on any atom is -0.497 e. The van der Waals surface area contributed by atoms with Crippen molar-refractivity contribution in [3.05, 3.63) is 42.0 Å². The monoisotopic (exact) mass is 406 g/mol. The fraction of sp³-hybridized carbons (Fsp3) is 0.316. The number of anilines is 1. The molecule has 0 aliphatic heterocycles. The lowest BCUT2D eigenvalue weighted by atomic mass is 10.2. The predicted octanol–water partition coefficient (Wildman–Crippen LogP) is 2.41. The van der Waals surface area contributed by atoms with Crippen molar-refractivity contribution in [1.82, 2.24) is 4.72 Å². The number of methoxy groups -OCH3 is 3. The topological polar surface area (TPSA) is 103 Å². The normalized spacial score (nSPS) is 13.7. The van der Waals surface area contributed by atoms with E-state index in [0.717, 1.165) is 12.8 Å². The quantitative estimate of drug-likeness (QED) is 0.698. The molecule has 0 bridgehead atoms. The van der Waals surface area contributed by atoms with Crippen molar-refractivity contribution >= 4 is 21.6 Å².